The Balaban J connectivity index is 1.71. The number of piperidine rings is 1. The standard InChI is InChI=1S/C8H12N2O2/c11-8-10(1-2-12-8)7-5-3-9-4-6(5)7/h5-7,9H,1-4H2. The predicted molar refractivity (Wildman–Crippen MR) is 41.7 cm³/mol. The molecule has 0 aromatic rings. The zero-order valence-corrected chi connectivity index (χ0v) is 6.82. The minimum absolute atomic E-state index is 0.102. The third-order valence-corrected chi connectivity index (χ3v) is 3.20. The zero-order chi connectivity index (χ0) is 8.13. The lowest BCUT2D eigenvalue weighted by molar-refractivity contribution is 0.154. The van der Waals surface area contributed by atoms with E-state index in [1.54, 1.807) is 0 Å². The Morgan fingerprint density at radius 3 is 2.75 bits per heavy atom. The van der Waals surface area contributed by atoms with Crippen molar-refractivity contribution in [2.75, 3.05) is 26.2 Å². The topological polar surface area (TPSA) is 41.6 Å². The molecule has 4 heteroatoms. The van der Waals surface area contributed by atoms with Crippen LogP contribution < -0.4 is 5.32 Å². The van der Waals surface area contributed by atoms with Gasteiger partial charge in [-0.1, -0.05) is 0 Å². The van der Waals surface area contributed by atoms with E-state index in [-0.39, 0.29) is 6.09 Å². The smallest absolute Gasteiger partial charge is 0.410 e. The van der Waals surface area contributed by atoms with E-state index in [9.17, 15) is 4.79 Å². The van der Waals surface area contributed by atoms with Gasteiger partial charge in [-0.25, -0.2) is 4.79 Å². The lowest BCUT2D eigenvalue weighted by Gasteiger charge is -2.14. The fourth-order valence-electron chi connectivity index (χ4n) is 2.52. The number of ether oxygens (including phenoxy) is 1. The molecular formula is C8H12N2O2. The molecule has 0 spiro atoms. The van der Waals surface area contributed by atoms with Gasteiger partial charge in [0.2, 0.25) is 0 Å². The number of fused-ring (bicyclic) bond motifs is 1. The molecule has 3 rings (SSSR count). The number of carbonyl (C=O) groups excluding carboxylic acids is 1. The summed E-state index contributed by atoms with van der Waals surface area (Å²) in [6, 6.07) is 0.501. The second-order valence-corrected chi connectivity index (χ2v) is 3.78. The first-order valence-corrected chi connectivity index (χ1v) is 4.52. The molecule has 12 heavy (non-hydrogen) atoms. The minimum atomic E-state index is -0.102. The van der Waals surface area contributed by atoms with E-state index in [2.05, 4.69) is 5.32 Å². The largest absolute Gasteiger partial charge is 0.448 e. The molecule has 3 fully saturated rings. The van der Waals surface area contributed by atoms with Crippen LogP contribution in [0.25, 0.3) is 0 Å². The summed E-state index contributed by atoms with van der Waals surface area (Å²) in [5.41, 5.74) is 0. The van der Waals surface area contributed by atoms with Crippen LogP contribution in [0.4, 0.5) is 4.79 Å². The number of rotatable bonds is 1. The molecule has 2 heterocycles. The van der Waals surface area contributed by atoms with Crippen molar-refractivity contribution in [1.82, 2.24) is 10.2 Å². The Kier molecular flexibility index (Phi) is 1.19. The van der Waals surface area contributed by atoms with Crippen molar-refractivity contribution >= 4 is 6.09 Å². The Hall–Kier alpha value is -0.770. The van der Waals surface area contributed by atoms with E-state index < -0.39 is 0 Å². The molecule has 66 valence electrons. The average molecular weight is 168 g/mol. The summed E-state index contributed by atoms with van der Waals surface area (Å²) in [7, 11) is 0. The van der Waals surface area contributed by atoms with E-state index in [1.165, 1.54) is 0 Å². The molecule has 2 aliphatic heterocycles. The zero-order valence-electron chi connectivity index (χ0n) is 6.82. The summed E-state index contributed by atoms with van der Waals surface area (Å²) >= 11 is 0. The second kappa shape index (κ2) is 2.13. The highest BCUT2D eigenvalue weighted by Gasteiger charge is 2.58. The lowest BCUT2D eigenvalue weighted by atomic mass is 10.4. The van der Waals surface area contributed by atoms with Crippen molar-refractivity contribution in [3.05, 3.63) is 0 Å². The molecule has 2 saturated heterocycles. The van der Waals surface area contributed by atoms with Gasteiger partial charge in [-0.05, 0) is 11.8 Å². The van der Waals surface area contributed by atoms with Crippen molar-refractivity contribution in [3.63, 3.8) is 0 Å². The molecule has 2 unspecified atom stereocenters. The fourth-order valence-corrected chi connectivity index (χ4v) is 2.52. The second-order valence-electron chi connectivity index (χ2n) is 3.78. The van der Waals surface area contributed by atoms with Gasteiger partial charge in [0.05, 0.1) is 6.54 Å². The number of hydrogen-bond donors (Lipinski definition) is 1. The van der Waals surface area contributed by atoms with Crippen molar-refractivity contribution in [1.29, 1.82) is 0 Å². The summed E-state index contributed by atoms with van der Waals surface area (Å²) < 4.78 is 4.90. The van der Waals surface area contributed by atoms with Gasteiger partial charge in [0, 0.05) is 19.1 Å². The van der Waals surface area contributed by atoms with Crippen LogP contribution in [0.3, 0.4) is 0 Å². The van der Waals surface area contributed by atoms with Crippen LogP contribution in [0.5, 0.6) is 0 Å². The van der Waals surface area contributed by atoms with Crippen molar-refractivity contribution in [2.45, 2.75) is 6.04 Å². The van der Waals surface area contributed by atoms with Crippen LogP contribution in [0.2, 0.25) is 0 Å². The predicted octanol–water partition coefficient (Wildman–Crippen LogP) is -0.344. The molecule has 4 nitrogen and oxygen atoms in total. The molecule has 3 aliphatic rings. The summed E-state index contributed by atoms with van der Waals surface area (Å²) in [5.74, 6) is 1.44. The molecule has 0 aromatic heterocycles. The van der Waals surface area contributed by atoms with E-state index >= 15 is 0 Å². The molecule has 1 saturated carbocycles. The van der Waals surface area contributed by atoms with Crippen LogP contribution in [0.1, 0.15) is 0 Å². The summed E-state index contributed by atoms with van der Waals surface area (Å²) in [6.07, 6.45) is -0.102. The highest BCUT2D eigenvalue weighted by atomic mass is 16.6. The van der Waals surface area contributed by atoms with Crippen LogP contribution in [0.15, 0.2) is 0 Å². The van der Waals surface area contributed by atoms with E-state index in [0.717, 1.165) is 31.5 Å². The van der Waals surface area contributed by atoms with Crippen molar-refractivity contribution in [3.8, 4) is 0 Å². The SMILES string of the molecule is O=C1OCCN1C1C2CNCC21. The number of nitrogens with zero attached hydrogens (tertiary/aromatic N) is 1. The van der Waals surface area contributed by atoms with Gasteiger partial charge in [-0.2, -0.15) is 0 Å². The number of nitrogens with one attached hydrogen (secondary N) is 1. The molecule has 1 N–H and O–H groups in total. The van der Waals surface area contributed by atoms with E-state index in [4.69, 9.17) is 4.74 Å². The molecular weight excluding hydrogens is 156 g/mol. The average Bonchev–Trinajstić information content (AvgIpc) is 2.56. The Morgan fingerprint density at radius 1 is 1.42 bits per heavy atom. The van der Waals surface area contributed by atoms with E-state index in [0.29, 0.717) is 12.6 Å². The van der Waals surface area contributed by atoms with Gasteiger partial charge in [0.25, 0.3) is 0 Å². The maximum atomic E-state index is 11.2. The van der Waals surface area contributed by atoms with Gasteiger partial charge in [-0.3, -0.25) is 0 Å². The maximum Gasteiger partial charge on any atom is 0.410 e. The molecule has 0 radical (unpaired) electrons. The number of amides is 1. The summed E-state index contributed by atoms with van der Waals surface area (Å²) in [4.78, 5) is 13.1. The molecule has 1 amide bonds. The minimum Gasteiger partial charge on any atom is -0.448 e. The Morgan fingerprint density at radius 2 is 2.17 bits per heavy atom. The van der Waals surface area contributed by atoms with Gasteiger partial charge in [0.15, 0.2) is 0 Å². The number of cyclic esters (lactones) is 1. The Labute approximate surface area is 70.9 Å². The van der Waals surface area contributed by atoms with Gasteiger partial charge in [-0.15, -0.1) is 0 Å². The van der Waals surface area contributed by atoms with Crippen LogP contribution in [-0.2, 0) is 4.74 Å². The number of carbonyl (C=O) groups is 1. The van der Waals surface area contributed by atoms with Crippen LogP contribution in [-0.4, -0.2) is 43.3 Å². The Bertz CT molecular complexity index is 221. The fraction of sp³-hybridized carbons (Fsp3) is 0.875. The number of hydrogen-bond acceptors (Lipinski definition) is 3. The van der Waals surface area contributed by atoms with Crippen molar-refractivity contribution < 1.29 is 9.53 Å². The molecule has 0 aromatic carbocycles. The third-order valence-electron chi connectivity index (χ3n) is 3.20. The molecule has 0 bridgehead atoms. The molecule has 1 aliphatic carbocycles. The molecule has 2 atom stereocenters. The van der Waals surface area contributed by atoms with Crippen molar-refractivity contribution in [2.24, 2.45) is 11.8 Å². The normalized spacial score (nSPS) is 44.5. The quantitative estimate of drug-likeness (QED) is 0.582. The first kappa shape index (κ1) is 6.71. The maximum absolute atomic E-state index is 11.2. The lowest BCUT2D eigenvalue weighted by Crippen LogP contribution is -2.33. The van der Waals surface area contributed by atoms with Gasteiger partial charge < -0.3 is 15.0 Å². The van der Waals surface area contributed by atoms with Crippen LogP contribution in [0, 0.1) is 11.8 Å². The van der Waals surface area contributed by atoms with Gasteiger partial charge >= 0.3 is 6.09 Å². The van der Waals surface area contributed by atoms with E-state index in [1.807, 2.05) is 4.90 Å². The monoisotopic (exact) mass is 168 g/mol. The summed E-state index contributed by atoms with van der Waals surface area (Å²) in [6.45, 7) is 3.55. The highest BCUT2D eigenvalue weighted by Crippen LogP contribution is 2.46. The summed E-state index contributed by atoms with van der Waals surface area (Å²) in [5, 5.41) is 3.31. The third kappa shape index (κ3) is 0.732. The van der Waals surface area contributed by atoms with Crippen LogP contribution >= 0.6 is 0 Å². The first-order chi connectivity index (χ1) is 5.88. The highest BCUT2D eigenvalue weighted by molar-refractivity contribution is 5.70. The van der Waals surface area contributed by atoms with Gasteiger partial charge in [0.1, 0.15) is 6.61 Å². The first-order valence-electron chi connectivity index (χ1n) is 4.52.